The summed E-state index contributed by atoms with van der Waals surface area (Å²) in [6.45, 7) is 6.93. The van der Waals surface area contributed by atoms with Gasteiger partial charge in [-0.25, -0.2) is 0 Å². The first-order chi connectivity index (χ1) is 12.2. The Labute approximate surface area is 146 Å². The quantitative estimate of drug-likeness (QED) is 0.873. The fraction of sp³-hybridized carbons (Fsp3) is 0.706. The van der Waals surface area contributed by atoms with Crippen molar-refractivity contribution in [2.75, 3.05) is 50.8 Å². The molecular weight excluding hydrogens is 320 g/mol. The molecule has 0 atom stereocenters. The second-order valence-electron chi connectivity index (χ2n) is 7.07. The Morgan fingerprint density at radius 2 is 2.00 bits per heavy atom. The minimum atomic E-state index is -0.109. The monoisotopic (exact) mass is 346 g/mol. The molecule has 0 saturated carbocycles. The van der Waals surface area contributed by atoms with Crippen molar-refractivity contribution in [1.29, 1.82) is 0 Å². The highest BCUT2D eigenvalue weighted by molar-refractivity contribution is 5.74. The third kappa shape index (κ3) is 3.55. The number of nitrogens with zero attached hydrogens (tertiary/aromatic N) is 5. The lowest BCUT2D eigenvalue weighted by atomic mass is 9.93. The fourth-order valence-corrected chi connectivity index (χ4v) is 3.79. The summed E-state index contributed by atoms with van der Waals surface area (Å²) in [4.78, 5) is 24.4. The van der Waals surface area contributed by atoms with Gasteiger partial charge in [-0.2, -0.15) is 10.1 Å². The van der Waals surface area contributed by atoms with Crippen molar-refractivity contribution >= 4 is 17.0 Å². The zero-order chi connectivity index (χ0) is 17.2. The van der Waals surface area contributed by atoms with Crippen LogP contribution in [0.1, 0.15) is 19.3 Å². The number of aromatic nitrogens is 4. The van der Waals surface area contributed by atoms with Crippen LogP contribution in [0.2, 0.25) is 0 Å². The van der Waals surface area contributed by atoms with Gasteiger partial charge in [0.15, 0.2) is 5.65 Å². The van der Waals surface area contributed by atoms with Crippen LogP contribution in [0.3, 0.4) is 0 Å². The molecule has 4 rings (SSSR count). The molecular formula is C17H26N6O2. The molecule has 2 aliphatic rings. The first-order valence-electron chi connectivity index (χ1n) is 9.18. The largest absolute Gasteiger partial charge is 0.379 e. The Morgan fingerprint density at radius 1 is 1.24 bits per heavy atom. The maximum absolute atomic E-state index is 12.2. The SMILES string of the molecule is Cn1ncc2c(=O)[nH]c(N3CCC(CCN4CCOCC4)CC3)nc21. The van der Waals surface area contributed by atoms with Gasteiger partial charge in [-0.1, -0.05) is 0 Å². The lowest BCUT2D eigenvalue weighted by Crippen LogP contribution is -2.39. The van der Waals surface area contributed by atoms with Crippen molar-refractivity contribution in [3.05, 3.63) is 16.6 Å². The molecule has 1 N–H and O–H groups in total. The number of nitrogens with one attached hydrogen (secondary N) is 1. The Kier molecular flexibility index (Phi) is 4.72. The van der Waals surface area contributed by atoms with Crippen LogP contribution in [0.25, 0.3) is 11.0 Å². The molecule has 8 nitrogen and oxygen atoms in total. The smallest absolute Gasteiger partial charge is 0.263 e. The number of piperidine rings is 1. The first kappa shape index (κ1) is 16.5. The normalized spacial score (nSPS) is 20.4. The van der Waals surface area contributed by atoms with Crippen LogP contribution in [-0.4, -0.2) is 70.6 Å². The van der Waals surface area contributed by atoms with Gasteiger partial charge in [0.1, 0.15) is 5.39 Å². The third-order valence-corrected chi connectivity index (χ3v) is 5.46. The Bertz CT molecular complexity index is 771. The molecule has 0 aliphatic carbocycles. The highest BCUT2D eigenvalue weighted by atomic mass is 16.5. The van der Waals surface area contributed by atoms with Crippen molar-refractivity contribution in [2.24, 2.45) is 13.0 Å². The minimum Gasteiger partial charge on any atom is -0.379 e. The summed E-state index contributed by atoms with van der Waals surface area (Å²) in [5.74, 6) is 1.43. The van der Waals surface area contributed by atoms with Gasteiger partial charge in [-0.15, -0.1) is 0 Å². The number of ether oxygens (including phenoxy) is 1. The van der Waals surface area contributed by atoms with E-state index in [4.69, 9.17) is 4.74 Å². The van der Waals surface area contributed by atoms with Crippen LogP contribution in [0.4, 0.5) is 5.95 Å². The van der Waals surface area contributed by atoms with E-state index < -0.39 is 0 Å². The molecule has 0 unspecified atom stereocenters. The molecule has 0 spiro atoms. The fourth-order valence-electron chi connectivity index (χ4n) is 3.79. The van der Waals surface area contributed by atoms with E-state index in [0.29, 0.717) is 17.0 Å². The summed E-state index contributed by atoms with van der Waals surface area (Å²) in [5.41, 5.74) is 0.538. The number of anilines is 1. The number of hydrogen-bond donors (Lipinski definition) is 1. The first-order valence-corrected chi connectivity index (χ1v) is 9.18. The number of H-pyrrole nitrogens is 1. The van der Waals surface area contributed by atoms with Gasteiger partial charge in [0.2, 0.25) is 5.95 Å². The van der Waals surface area contributed by atoms with Crippen molar-refractivity contribution in [2.45, 2.75) is 19.3 Å². The lowest BCUT2D eigenvalue weighted by molar-refractivity contribution is 0.0349. The summed E-state index contributed by atoms with van der Waals surface area (Å²) < 4.78 is 7.06. The lowest BCUT2D eigenvalue weighted by Gasteiger charge is -2.34. The molecule has 0 radical (unpaired) electrons. The zero-order valence-electron chi connectivity index (χ0n) is 14.8. The average Bonchev–Trinajstić information content (AvgIpc) is 3.03. The van der Waals surface area contributed by atoms with Crippen molar-refractivity contribution in [1.82, 2.24) is 24.6 Å². The van der Waals surface area contributed by atoms with Crippen LogP contribution in [0.5, 0.6) is 0 Å². The van der Waals surface area contributed by atoms with Gasteiger partial charge < -0.3 is 9.64 Å². The predicted molar refractivity (Wildman–Crippen MR) is 95.9 cm³/mol. The Balaban J connectivity index is 1.35. The molecule has 25 heavy (non-hydrogen) atoms. The number of aromatic amines is 1. The Morgan fingerprint density at radius 3 is 2.76 bits per heavy atom. The van der Waals surface area contributed by atoms with Crippen LogP contribution < -0.4 is 10.5 Å². The maximum Gasteiger partial charge on any atom is 0.263 e. The highest BCUT2D eigenvalue weighted by Gasteiger charge is 2.22. The van der Waals surface area contributed by atoms with E-state index in [2.05, 4.69) is 24.9 Å². The van der Waals surface area contributed by atoms with E-state index >= 15 is 0 Å². The van der Waals surface area contributed by atoms with E-state index in [1.54, 1.807) is 10.9 Å². The molecule has 2 aromatic rings. The van der Waals surface area contributed by atoms with Gasteiger partial charge in [-0.3, -0.25) is 19.4 Å². The zero-order valence-corrected chi connectivity index (χ0v) is 14.8. The molecule has 8 heteroatoms. The third-order valence-electron chi connectivity index (χ3n) is 5.46. The summed E-state index contributed by atoms with van der Waals surface area (Å²) >= 11 is 0. The number of fused-ring (bicyclic) bond motifs is 1. The van der Waals surface area contributed by atoms with Gasteiger partial charge in [0, 0.05) is 33.2 Å². The molecule has 0 bridgehead atoms. The number of rotatable bonds is 4. The minimum absolute atomic E-state index is 0.109. The van der Waals surface area contributed by atoms with Crippen LogP contribution in [0, 0.1) is 5.92 Å². The second kappa shape index (κ2) is 7.13. The van der Waals surface area contributed by atoms with E-state index in [1.165, 1.54) is 13.0 Å². The molecule has 4 heterocycles. The predicted octanol–water partition coefficient (Wildman–Crippen LogP) is 0.595. The highest BCUT2D eigenvalue weighted by Crippen LogP contribution is 2.23. The second-order valence-corrected chi connectivity index (χ2v) is 7.07. The molecule has 136 valence electrons. The van der Waals surface area contributed by atoms with Gasteiger partial charge in [0.25, 0.3) is 5.56 Å². The standard InChI is InChI=1S/C17H26N6O2/c1-21-15-14(12-18-21)16(24)20-17(19-15)23-6-3-13(4-7-23)2-5-22-8-10-25-11-9-22/h12-13H,2-11H2,1H3,(H,19,20,24). The van der Waals surface area contributed by atoms with Gasteiger partial charge in [-0.05, 0) is 31.7 Å². The van der Waals surface area contributed by atoms with Gasteiger partial charge in [0.05, 0.1) is 19.4 Å². The molecule has 2 saturated heterocycles. The number of aryl methyl sites for hydroxylation is 1. The Hall–Kier alpha value is -1.93. The molecule has 2 aromatic heterocycles. The number of hydrogen-bond acceptors (Lipinski definition) is 6. The van der Waals surface area contributed by atoms with E-state index in [1.807, 2.05) is 7.05 Å². The van der Waals surface area contributed by atoms with Crippen molar-refractivity contribution in [3.63, 3.8) is 0 Å². The van der Waals surface area contributed by atoms with Crippen molar-refractivity contribution < 1.29 is 4.74 Å². The molecule has 0 amide bonds. The van der Waals surface area contributed by atoms with Crippen molar-refractivity contribution in [3.8, 4) is 0 Å². The van der Waals surface area contributed by atoms with E-state index in [-0.39, 0.29) is 5.56 Å². The van der Waals surface area contributed by atoms with E-state index in [9.17, 15) is 4.79 Å². The van der Waals surface area contributed by atoms with Crippen LogP contribution in [0.15, 0.2) is 11.0 Å². The summed E-state index contributed by atoms with van der Waals surface area (Å²) in [6.07, 6.45) is 5.12. The summed E-state index contributed by atoms with van der Waals surface area (Å²) in [6, 6.07) is 0. The maximum atomic E-state index is 12.2. The number of morpholine rings is 1. The summed E-state index contributed by atoms with van der Waals surface area (Å²) in [7, 11) is 1.82. The van der Waals surface area contributed by atoms with Gasteiger partial charge >= 0.3 is 0 Å². The molecule has 0 aromatic carbocycles. The average molecular weight is 346 g/mol. The topological polar surface area (TPSA) is 79.3 Å². The molecule has 2 fully saturated rings. The summed E-state index contributed by atoms with van der Waals surface area (Å²) in [5, 5.41) is 4.67. The molecule has 2 aliphatic heterocycles. The van der Waals surface area contributed by atoms with E-state index in [0.717, 1.165) is 58.2 Å². The van der Waals surface area contributed by atoms with Crippen LogP contribution >= 0.6 is 0 Å². The van der Waals surface area contributed by atoms with Crippen LogP contribution in [-0.2, 0) is 11.8 Å².